The molecule has 5 fully saturated rings. The number of ketones is 2. The Bertz CT molecular complexity index is 951. The molecule has 5 saturated carbocycles. The maximum Gasteiger partial charge on any atom is 0.311 e. The van der Waals surface area contributed by atoms with E-state index in [2.05, 4.69) is 41.5 Å². The van der Waals surface area contributed by atoms with Gasteiger partial charge in [-0.25, -0.2) is 0 Å². The first-order valence-corrected chi connectivity index (χ1v) is 13.9. The standard InChI is InChI=1S/C30H46O4/c1-18-19(31)16-20(32)23-27(5)13-15-29(7)22-17-25(2,3)10-11-26(22,4)12-14-28(29,6)21(27)8-9-30(18,23)24(33)34/h18,21-23H,8-17H2,1-7H3,(H,33,34)/t18-,21-,22+,23-,26+,27+,28+,29-,30-/m0/s1. The molecule has 9 atom stereocenters. The lowest BCUT2D eigenvalue weighted by Crippen LogP contribution is -2.70. The molecule has 5 aliphatic carbocycles. The maximum atomic E-state index is 13.6. The zero-order chi connectivity index (χ0) is 25.1. The van der Waals surface area contributed by atoms with E-state index >= 15 is 0 Å². The van der Waals surface area contributed by atoms with Gasteiger partial charge in [0.05, 0.1) is 11.8 Å². The second-order valence-electron chi connectivity index (χ2n) is 15.1. The average Bonchev–Trinajstić information content (AvgIpc) is 2.74. The lowest BCUT2D eigenvalue weighted by Gasteiger charge is -2.74. The van der Waals surface area contributed by atoms with Gasteiger partial charge < -0.3 is 5.11 Å². The lowest BCUT2D eigenvalue weighted by molar-refractivity contribution is -0.254. The minimum absolute atomic E-state index is 0.0773. The van der Waals surface area contributed by atoms with Crippen LogP contribution in [0.5, 0.6) is 0 Å². The molecule has 0 aliphatic heterocycles. The highest BCUT2D eigenvalue weighted by Gasteiger charge is 2.74. The van der Waals surface area contributed by atoms with E-state index in [4.69, 9.17) is 0 Å². The van der Waals surface area contributed by atoms with Crippen molar-refractivity contribution in [2.24, 2.45) is 56.2 Å². The predicted molar refractivity (Wildman–Crippen MR) is 132 cm³/mol. The van der Waals surface area contributed by atoms with Crippen molar-refractivity contribution in [2.75, 3.05) is 0 Å². The van der Waals surface area contributed by atoms with Crippen LogP contribution in [0.2, 0.25) is 0 Å². The van der Waals surface area contributed by atoms with E-state index in [1.165, 1.54) is 32.1 Å². The Morgan fingerprint density at radius 3 is 2.03 bits per heavy atom. The van der Waals surface area contributed by atoms with Crippen LogP contribution in [0.15, 0.2) is 0 Å². The maximum absolute atomic E-state index is 13.6. The third-order valence-corrected chi connectivity index (χ3v) is 13.4. The van der Waals surface area contributed by atoms with Gasteiger partial charge in [-0.15, -0.1) is 0 Å². The van der Waals surface area contributed by atoms with Gasteiger partial charge in [-0.3, -0.25) is 14.4 Å². The number of rotatable bonds is 1. The van der Waals surface area contributed by atoms with Gasteiger partial charge in [0.2, 0.25) is 0 Å². The molecule has 0 bridgehead atoms. The monoisotopic (exact) mass is 470 g/mol. The van der Waals surface area contributed by atoms with Crippen LogP contribution in [0.4, 0.5) is 0 Å². The quantitative estimate of drug-likeness (QED) is 0.433. The van der Waals surface area contributed by atoms with E-state index in [1.807, 2.05) is 0 Å². The number of carboxylic acid groups (broad SMARTS) is 1. The summed E-state index contributed by atoms with van der Waals surface area (Å²) in [5.74, 6) is -1.31. The molecule has 0 saturated heterocycles. The Morgan fingerprint density at radius 1 is 0.794 bits per heavy atom. The summed E-state index contributed by atoms with van der Waals surface area (Å²) in [7, 11) is 0. The molecule has 0 amide bonds. The van der Waals surface area contributed by atoms with Crippen LogP contribution in [0.1, 0.15) is 113 Å². The van der Waals surface area contributed by atoms with Crippen molar-refractivity contribution in [1.29, 1.82) is 0 Å². The summed E-state index contributed by atoms with van der Waals surface area (Å²) in [4.78, 5) is 39.2. The summed E-state index contributed by atoms with van der Waals surface area (Å²) >= 11 is 0. The number of aliphatic carboxylic acids is 1. The first kappa shape index (κ1) is 24.5. The Hall–Kier alpha value is -1.19. The normalized spacial score (nSPS) is 54.3. The molecule has 0 unspecified atom stereocenters. The van der Waals surface area contributed by atoms with Crippen molar-refractivity contribution in [3.8, 4) is 0 Å². The predicted octanol–water partition coefficient (Wildman–Crippen LogP) is 6.70. The zero-order valence-electron chi connectivity index (χ0n) is 22.6. The van der Waals surface area contributed by atoms with Crippen LogP contribution < -0.4 is 0 Å². The van der Waals surface area contributed by atoms with Crippen LogP contribution in [-0.2, 0) is 14.4 Å². The van der Waals surface area contributed by atoms with Gasteiger partial charge in [0.1, 0.15) is 11.6 Å². The molecule has 0 spiro atoms. The molecule has 0 radical (unpaired) electrons. The topological polar surface area (TPSA) is 71.4 Å². The van der Waals surface area contributed by atoms with Gasteiger partial charge in [0.25, 0.3) is 0 Å². The largest absolute Gasteiger partial charge is 0.481 e. The molecule has 0 aromatic carbocycles. The van der Waals surface area contributed by atoms with Gasteiger partial charge in [0.15, 0.2) is 0 Å². The van der Waals surface area contributed by atoms with Crippen molar-refractivity contribution >= 4 is 17.5 Å². The van der Waals surface area contributed by atoms with E-state index in [-0.39, 0.29) is 34.2 Å². The fourth-order valence-electron chi connectivity index (χ4n) is 11.0. The van der Waals surface area contributed by atoms with Gasteiger partial charge in [-0.1, -0.05) is 48.5 Å². The average molecular weight is 471 g/mol. The molecular formula is C30H46O4. The lowest BCUT2D eigenvalue weighted by atomic mass is 9.30. The van der Waals surface area contributed by atoms with Crippen LogP contribution in [0, 0.1) is 56.2 Å². The fourth-order valence-corrected chi connectivity index (χ4v) is 11.0. The van der Waals surface area contributed by atoms with Crippen molar-refractivity contribution < 1.29 is 19.5 Å². The first-order chi connectivity index (χ1) is 15.6. The summed E-state index contributed by atoms with van der Waals surface area (Å²) < 4.78 is 0. The highest BCUT2D eigenvalue weighted by atomic mass is 16.4. The fraction of sp³-hybridized carbons (Fsp3) is 0.900. The molecule has 4 heteroatoms. The number of carbonyl (C=O) groups is 3. The zero-order valence-corrected chi connectivity index (χ0v) is 22.6. The van der Waals surface area contributed by atoms with E-state index < -0.39 is 23.2 Å². The van der Waals surface area contributed by atoms with Crippen molar-refractivity contribution in [3.05, 3.63) is 0 Å². The number of hydrogen-bond donors (Lipinski definition) is 1. The molecule has 190 valence electrons. The van der Waals surface area contributed by atoms with Crippen LogP contribution in [0.25, 0.3) is 0 Å². The number of hydrogen-bond acceptors (Lipinski definition) is 3. The summed E-state index contributed by atoms with van der Waals surface area (Å²) in [6.07, 6.45) is 9.47. The summed E-state index contributed by atoms with van der Waals surface area (Å²) in [5, 5.41) is 10.5. The van der Waals surface area contributed by atoms with Gasteiger partial charge >= 0.3 is 5.97 Å². The summed E-state index contributed by atoms with van der Waals surface area (Å²) in [6, 6.07) is 0. The molecule has 0 aromatic rings. The van der Waals surface area contributed by atoms with Crippen molar-refractivity contribution in [1.82, 2.24) is 0 Å². The molecule has 5 rings (SSSR count). The molecule has 5 aliphatic rings. The number of Topliss-reactive ketones (excluding diaryl/α,β-unsaturated/α-hetero) is 2. The Morgan fingerprint density at radius 2 is 1.38 bits per heavy atom. The molecule has 0 heterocycles. The third kappa shape index (κ3) is 2.75. The Labute approximate surface area is 206 Å². The third-order valence-electron chi connectivity index (χ3n) is 13.4. The highest BCUT2D eigenvalue weighted by Crippen LogP contribution is 2.78. The number of carbonyl (C=O) groups excluding carboxylic acids is 2. The second kappa shape index (κ2) is 6.97. The first-order valence-electron chi connectivity index (χ1n) is 13.9. The number of fused-ring (bicyclic) bond motifs is 7. The second-order valence-corrected chi connectivity index (χ2v) is 15.1. The van der Waals surface area contributed by atoms with Crippen molar-refractivity contribution in [2.45, 2.75) is 113 Å². The van der Waals surface area contributed by atoms with Gasteiger partial charge in [-0.05, 0) is 96.7 Å². The Balaban J connectivity index is 1.61. The van der Waals surface area contributed by atoms with E-state index in [0.29, 0.717) is 29.1 Å². The molecule has 4 nitrogen and oxygen atoms in total. The van der Waals surface area contributed by atoms with E-state index in [0.717, 1.165) is 19.3 Å². The van der Waals surface area contributed by atoms with Gasteiger partial charge in [0, 0.05) is 11.8 Å². The Kier molecular flexibility index (Phi) is 5.02. The minimum Gasteiger partial charge on any atom is -0.481 e. The molecular weight excluding hydrogens is 424 g/mol. The van der Waals surface area contributed by atoms with Crippen molar-refractivity contribution in [3.63, 3.8) is 0 Å². The minimum atomic E-state index is -1.22. The van der Waals surface area contributed by atoms with Crippen LogP contribution >= 0.6 is 0 Å². The summed E-state index contributed by atoms with van der Waals surface area (Å²) in [5.41, 5.74) is -0.533. The van der Waals surface area contributed by atoms with Crippen LogP contribution in [0.3, 0.4) is 0 Å². The molecule has 0 aromatic heterocycles. The van der Waals surface area contributed by atoms with E-state index in [9.17, 15) is 19.5 Å². The summed E-state index contributed by atoms with van der Waals surface area (Å²) in [6.45, 7) is 16.5. The smallest absolute Gasteiger partial charge is 0.311 e. The van der Waals surface area contributed by atoms with E-state index in [1.54, 1.807) is 6.92 Å². The molecule has 1 N–H and O–H groups in total. The van der Waals surface area contributed by atoms with Gasteiger partial charge in [-0.2, -0.15) is 0 Å². The van der Waals surface area contributed by atoms with Crippen LogP contribution in [-0.4, -0.2) is 22.6 Å². The number of carboxylic acids is 1. The molecule has 34 heavy (non-hydrogen) atoms. The highest BCUT2D eigenvalue weighted by molar-refractivity contribution is 6.08. The SMILES string of the molecule is C[C@H]1C(=O)CC(=O)[C@H]2[C@]3(C)CC[C@@]4(C)[C@@H]5CC(C)(C)CC[C@]5(C)CC[C@]4(C)[C@H]3CC[C@]12C(=O)O.